The lowest BCUT2D eigenvalue weighted by Gasteiger charge is -2.49. The first-order valence-corrected chi connectivity index (χ1v) is 9.34. The van der Waals surface area contributed by atoms with Gasteiger partial charge in [-0.25, -0.2) is 0 Å². The highest BCUT2D eigenvalue weighted by Crippen LogP contribution is 2.40. The summed E-state index contributed by atoms with van der Waals surface area (Å²) in [5.74, 6) is 1.22. The molecule has 2 aliphatic rings. The Kier molecular flexibility index (Phi) is 4.91. The molecule has 1 spiro atoms. The van der Waals surface area contributed by atoms with E-state index in [4.69, 9.17) is 0 Å². The topological polar surface area (TPSA) is 49.4 Å². The van der Waals surface area contributed by atoms with Crippen molar-refractivity contribution in [3.63, 3.8) is 0 Å². The average molecular weight is 312 g/mol. The summed E-state index contributed by atoms with van der Waals surface area (Å²) in [6, 6.07) is -0.398. The Labute approximate surface area is 132 Å². The number of carbonyl (C=O) groups excluding carboxylic acids is 2. The SMILES string of the molecule is CSCCCN1C(=O)C(C(C)(C)C)NC(=O)C12CCCC2. The molecule has 1 aliphatic carbocycles. The highest BCUT2D eigenvalue weighted by Gasteiger charge is 2.55. The zero-order valence-corrected chi connectivity index (χ0v) is 14.5. The predicted octanol–water partition coefficient (Wildman–Crippen LogP) is 2.43. The highest BCUT2D eigenvalue weighted by molar-refractivity contribution is 7.98. The molecule has 0 bridgehead atoms. The number of piperazine rings is 1. The van der Waals surface area contributed by atoms with Gasteiger partial charge >= 0.3 is 0 Å². The fraction of sp³-hybridized carbons (Fsp3) is 0.875. The van der Waals surface area contributed by atoms with E-state index in [1.54, 1.807) is 11.8 Å². The summed E-state index contributed by atoms with van der Waals surface area (Å²) in [5.41, 5.74) is -0.804. The van der Waals surface area contributed by atoms with Crippen molar-refractivity contribution in [3.8, 4) is 0 Å². The summed E-state index contributed by atoms with van der Waals surface area (Å²) in [5, 5.41) is 3.02. The van der Waals surface area contributed by atoms with Crippen LogP contribution in [0.4, 0.5) is 0 Å². The van der Waals surface area contributed by atoms with Gasteiger partial charge in [0.2, 0.25) is 11.8 Å². The minimum Gasteiger partial charge on any atom is -0.342 e. The number of carbonyl (C=O) groups is 2. The lowest BCUT2D eigenvalue weighted by atomic mass is 9.80. The third-order valence-corrected chi connectivity index (χ3v) is 5.45. The first-order chi connectivity index (χ1) is 9.83. The summed E-state index contributed by atoms with van der Waals surface area (Å²) < 4.78 is 0. The van der Waals surface area contributed by atoms with E-state index in [2.05, 4.69) is 11.6 Å². The molecule has 0 aromatic heterocycles. The van der Waals surface area contributed by atoms with E-state index >= 15 is 0 Å². The minimum absolute atomic E-state index is 0.0728. The first-order valence-electron chi connectivity index (χ1n) is 7.94. The number of nitrogens with one attached hydrogen (secondary N) is 1. The second kappa shape index (κ2) is 6.19. The number of thioether (sulfide) groups is 1. The number of rotatable bonds is 4. The molecule has 4 nitrogen and oxygen atoms in total. The van der Waals surface area contributed by atoms with Crippen LogP contribution >= 0.6 is 11.8 Å². The molecule has 2 rings (SSSR count). The Morgan fingerprint density at radius 1 is 1.29 bits per heavy atom. The summed E-state index contributed by atoms with van der Waals surface area (Å²) in [4.78, 5) is 27.7. The highest BCUT2D eigenvalue weighted by atomic mass is 32.2. The van der Waals surface area contributed by atoms with Gasteiger partial charge in [0.1, 0.15) is 11.6 Å². The van der Waals surface area contributed by atoms with E-state index in [0.717, 1.165) is 37.9 Å². The Balaban J connectivity index is 2.26. The van der Waals surface area contributed by atoms with Gasteiger partial charge in [0.25, 0.3) is 0 Å². The van der Waals surface area contributed by atoms with Crippen LogP contribution in [0.2, 0.25) is 0 Å². The van der Waals surface area contributed by atoms with Crippen molar-refractivity contribution < 1.29 is 9.59 Å². The monoisotopic (exact) mass is 312 g/mol. The second-order valence-corrected chi connectivity index (χ2v) is 8.33. The summed E-state index contributed by atoms with van der Waals surface area (Å²) >= 11 is 1.79. The predicted molar refractivity (Wildman–Crippen MR) is 87.3 cm³/mol. The van der Waals surface area contributed by atoms with Crippen LogP contribution in [0.15, 0.2) is 0 Å². The molecular weight excluding hydrogens is 284 g/mol. The standard InChI is InChI=1S/C16H28N2O2S/c1-15(2,3)12-13(19)18(10-7-11-21-4)16(14(20)17-12)8-5-6-9-16/h12H,5-11H2,1-4H3,(H,17,20). The molecule has 1 N–H and O–H groups in total. The maximum absolute atomic E-state index is 13.0. The number of hydrogen-bond donors (Lipinski definition) is 1. The molecular formula is C16H28N2O2S. The van der Waals surface area contributed by atoms with Gasteiger partial charge in [0.15, 0.2) is 0 Å². The fourth-order valence-electron chi connectivity index (χ4n) is 3.55. The average Bonchev–Trinajstić information content (AvgIpc) is 2.87. The molecule has 1 atom stereocenters. The van der Waals surface area contributed by atoms with Crippen LogP contribution in [0, 0.1) is 5.41 Å². The van der Waals surface area contributed by atoms with Crippen LogP contribution < -0.4 is 5.32 Å². The Morgan fingerprint density at radius 2 is 1.90 bits per heavy atom. The van der Waals surface area contributed by atoms with E-state index in [0.29, 0.717) is 6.54 Å². The quantitative estimate of drug-likeness (QED) is 0.811. The molecule has 0 aromatic rings. The third-order valence-electron chi connectivity index (χ3n) is 4.75. The molecule has 0 aromatic carbocycles. The molecule has 1 unspecified atom stereocenters. The van der Waals surface area contributed by atoms with Crippen molar-refractivity contribution in [3.05, 3.63) is 0 Å². The van der Waals surface area contributed by atoms with Crippen LogP contribution in [0.25, 0.3) is 0 Å². The Bertz CT molecular complexity index is 411. The van der Waals surface area contributed by atoms with E-state index in [-0.39, 0.29) is 17.2 Å². The van der Waals surface area contributed by atoms with Crippen molar-refractivity contribution >= 4 is 23.6 Å². The van der Waals surface area contributed by atoms with Gasteiger partial charge in [-0.05, 0) is 36.7 Å². The lowest BCUT2D eigenvalue weighted by Crippen LogP contribution is -2.72. The van der Waals surface area contributed by atoms with Crippen LogP contribution in [-0.4, -0.2) is 46.8 Å². The molecule has 1 aliphatic heterocycles. The molecule has 120 valence electrons. The van der Waals surface area contributed by atoms with Gasteiger partial charge in [-0.15, -0.1) is 0 Å². The lowest BCUT2D eigenvalue weighted by molar-refractivity contribution is -0.160. The van der Waals surface area contributed by atoms with E-state index in [1.165, 1.54) is 0 Å². The van der Waals surface area contributed by atoms with Crippen LogP contribution in [-0.2, 0) is 9.59 Å². The van der Waals surface area contributed by atoms with E-state index in [1.807, 2.05) is 25.7 Å². The molecule has 1 heterocycles. The minimum atomic E-state index is -0.558. The van der Waals surface area contributed by atoms with Crippen LogP contribution in [0.1, 0.15) is 52.9 Å². The van der Waals surface area contributed by atoms with Crippen molar-refractivity contribution in [1.29, 1.82) is 0 Å². The summed E-state index contributed by atoms with van der Waals surface area (Å²) in [6.07, 6.45) is 6.76. The van der Waals surface area contributed by atoms with Crippen molar-refractivity contribution in [1.82, 2.24) is 10.2 Å². The van der Waals surface area contributed by atoms with Gasteiger partial charge in [-0.3, -0.25) is 9.59 Å². The van der Waals surface area contributed by atoms with Crippen LogP contribution in [0.5, 0.6) is 0 Å². The summed E-state index contributed by atoms with van der Waals surface area (Å²) in [7, 11) is 0. The first kappa shape index (κ1) is 16.7. The van der Waals surface area contributed by atoms with Crippen molar-refractivity contribution in [2.45, 2.75) is 64.5 Å². The molecule has 5 heteroatoms. The molecule has 2 amide bonds. The van der Waals surface area contributed by atoms with Gasteiger partial charge in [0.05, 0.1) is 0 Å². The Morgan fingerprint density at radius 3 is 2.43 bits per heavy atom. The molecule has 21 heavy (non-hydrogen) atoms. The largest absolute Gasteiger partial charge is 0.342 e. The zero-order chi connectivity index (χ0) is 15.7. The van der Waals surface area contributed by atoms with Gasteiger partial charge < -0.3 is 10.2 Å². The van der Waals surface area contributed by atoms with Gasteiger partial charge in [0, 0.05) is 6.54 Å². The Hall–Kier alpha value is -0.710. The fourth-order valence-corrected chi connectivity index (χ4v) is 3.97. The smallest absolute Gasteiger partial charge is 0.246 e. The maximum Gasteiger partial charge on any atom is 0.246 e. The van der Waals surface area contributed by atoms with Gasteiger partial charge in [-0.2, -0.15) is 11.8 Å². The van der Waals surface area contributed by atoms with Crippen molar-refractivity contribution in [2.75, 3.05) is 18.6 Å². The number of hydrogen-bond acceptors (Lipinski definition) is 3. The van der Waals surface area contributed by atoms with E-state index < -0.39 is 11.6 Å². The molecule has 1 saturated heterocycles. The number of nitrogens with zero attached hydrogens (tertiary/aromatic N) is 1. The maximum atomic E-state index is 13.0. The third kappa shape index (κ3) is 3.08. The molecule has 0 radical (unpaired) electrons. The van der Waals surface area contributed by atoms with Gasteiger partial charge in [-0.1, -0.05) is 33.6 Å². The second-order valence-electron chi connectivity index (χ2n) is 7.35. The normalized spacial score (nSPS) is 25.5. The van der Waals surface area contributed by atoms with Crippen molar-refractivity contribution in [2.24, 2.45) is 5.41 Å². The molecule has 1 saturated carbocycles. The molecule has 2 fully saturated rings. The van der Waals surface area contributed by atoms with E-state index in [9.17, 15) is 9.59 Å². The van der Waals surface area contributed by atoms with Crippen LogP contribution in [0.3, 0.4) is 0 Å². The number of amides is 2. The zero-order valence-electron chi connectivity index (χ0n) is 13.7. The summed E-state index contributed by atoms with van der Waals surface area (Å²) in [6.45, 7) is 6.76.